The normalized spacial score (nSPS) is 20.6. The van der Waals surface area contributed by atoms with Crippen LogP contribution in [0.4, 0.5) is 5.13 Å². The standard InChI is InChI=1S/C28H30N4O4S/c1-36-25-16-29-23(15-30-25)20-11-4-5-12-21(20)24-17-37-28(31-24)32-13-7-6-10-19(18-8-2-3-9-18)22(27(32)35)14-26(33)34/h4-7,11-12,15-19,22H,2-3,8-10,13-14H2,1H3,(H,33,34). The molecule has 2 aromatic heterocycles. The molecule has 0 spiro atoms. The van der Waals surface area contributed by atoms with Crippen LogP contribution in [0.1, 0.15) is 38.5 Å². The Kier molecular flexibility index (Phi) is 7.60. The van der Waals surface area contributed by atoms with E-state index in [1.54, 1.807) is 24.4 Å². The Bertz CT molecular complexity index is 1280. The number of aromatic nitrogens is 3. The Labute approximate surface area is 220 Å². The Morgan fingerprint density at radius 1 is 1.11 bits per heavy atom. The van der Waals surface area contributed by atoms with Gasteiger partial charge in [0.05, 0.1) is 43.2 Å². The van der Waals surface area contributed by atoms with E-state index in [-0.39, 0.29) is 18.2 Å². The summed E-state index contributed by atoms with van der Waals surface area (Å²) >= 11 is 1.39. The maximum atomic E-state index is 13.9. The van der Waals surface area contributed by atoms with Crippen LogP contribution in [-0.2, 0) is 9.59 Å². The summed E-state index contributed by atoms with van der Waals surface area (Å²) in [6.45, 7) is 0.380. The van der Waals surface area contributed by atoms with Crippen LogP contribution in [0.5, 0.6) is 5.88 Å². The van der Waals surface area contributed by atoms with Gasteiger partial charge in [0.15, 0.2) is 5.13 Å². The van der Waals surface area contributed by atoms with Gasteiger partial charge in [0.2, 0.25) is 11.8 Å². The number of carbonyl (C=O) groups is 2. The molecule has 1 aliphatic carbocycles. The molecule has 2 aliphatic rings. The summed E-state index contributed by atoms with van der Waals surface area (Å²) in [6.07, 6.45) is 12.4. The molecule has 9 heteroatoms. The molecule has 1 aliphatic heterocycles. The highest BCUT2D eigenvalue weighted by Crippen LogP contribution is 2.41. The largest absolute Gasteiger partial charge is 0.481 e. The summed E-state index contributed by atoms with van der Waals surface area (Å²) in [5, 5.41) is 12.2. The van der Waals surface area contributed by atoms with E-state index in [0.29, 0.717) is 29.2 Å². The van der Waals surface area contributed by atoms with Gasteiger partial charge in [-0.1, -0.05) is 62.1 Å². The van der Waals surface area contributed by atoms with Gasteiger partial charge >= 0.3 is 5.97 Å². The average Bonchev–Trinajstić information content (AvgIpc) is 3.62. The number of carbonyl (C=O) groups excluding carboxylic acids is 1. The number of hydrogen-bond acceptors (Lipinski definition) is 7. The molecular weight excluding hydrogens is 488 g/mol. The maximum Gasteiger partial charge on any atom is 0.304 e. The molecule has 3 aromatic rings. The van der Waals surface area contributed by atoms with Crippen molar-refractivity contribution in [3.05, 3.63) is 54.2 Å². The predicted molar refractivity (Wildman–Crippen MR) is 142 cm³/mol. The van der Waals surface area contributed by atoms with Crippen molar-refractivity contribution in [2.24, 2.45) is 17.8 Å². The number of carboxylic acids is 1. The molecule has 8 nitrogen and oxygen atoms in total. The number of hydrogen-bond donors (Lipinski definition) is 1. The van der Waals surface area contributed by atoms with Crippen molar-refractivity contribution in [2.45, 2.75) is 38.5 Å². The third-order valence-electron chi connectivity index (χ3n) is 7.40. The number of thiazole rings is 1. The number of rotatable bonds is 7. The second-order valence-electron chi connectivity index (χ2n) is 9.57. The van der Waals surface area contributed by atoms with Crippen LogP contribution in [0, 0.1) is 17.8 Å². The Morgan fingerprint density at radius 3 is 2.54 bits per heavy atom. The van der Waals surface area contributed by atoms with Gasteiger partial charge in [-0.2, -0.15) is 0 Å². The smallest absolute Gasteiger partial charge is 0.304 e. The molecule has 1 saturated carbocycles. The van der Waals surface area contributed by atoms with Crippen molar-refractivity contribution in [3.63, 3.8) is 0 Å². The van der Waals surface area contributed by atoms with E-state index in [4.69, 9.17) is 9.72 Å². The summed E-state index contributed by atoms with van der Waals surface area (Å²) in [4.78, 5) is 40.9. The SMILES string of the molecule is COc1cnc(-c2ccccc2-c2csc(N3CC=CCC(C4CCCC4)C(CC(=O)O)C3=O)n2)cn1. The Morgan fingerprint density at radius 2 is 1.86 bits per heavy atom. The second kappa shape index (κ2) is 11.2. The van der Waals surface area contributed by atoms with Crippen LogP contribution in [-0.4, -0.2) is 45.6 Å². The van der Waals surface area contributed by atoms with E-state index in [9.17, 15) is 14.7 Å². The lowest BCUT2D eigenvalue weighted by atomic mass is 9.75. The summed E-state index contributed by atoms with van der Waals surface area (Å²) in [6, 6.07) is 7.81. The minimum Gasteiger partial charge on any atom is -0.481 e. The number of benzene rings is 1. The third-order valence-corrected chi connectivity index (χ3v) is 8.27. The van der Waals surface area contributed by atoms with E-state index in [1.165, 1.54) is 11.3 Å². The topological polar surface area (TPSA) is 106 Å². The fourth-order valence-corrected chi connectivity index (χ4v) is 6.42. The van der Waals surface area contributed by atoms with E-state index in [2.05, 4.69) is 16.0 Å². The first-order valence-electron chi connectivity index (χ1n) is 12.6. The monoisotopic (exact) mass is 518 g/mol. The number of ether oxygens (including phenoxy) is 1. The molecular formula is C28H30N4O4S. The van der Waals surface area contributed by atoms with Crippen LogP contribution in [0.25, 0.3) is 22.5 Å². The summed E-state index contributed by atoms with van der Waals surface area (Å²) in [5.74, 6) is -0.757. The number of anilines is 1. The number of methoxy groups -OCH3 is 1. The molecule has 3 heterocycles. The van der Waals surface area contributed by atoms with Crippen molar-refractivity contribution in [3.8, 4) is 28.4 Å². The molecule has 1 amide bonds. The first kappa shape index (κ1) is 25.1. The molecule has 1 aromatic carbocycles. The Balaban J connectivity index is 1.46. The van der Waals surface area contributed by atoms with E-state index < -0.39 is 11.9 Å². The van der Waals surface area contributed by atoms with Gasteiger partial charge in [0.1, 0.15) is 0 Å². The van der Waals surface area contributed by atoms with Crippen LogP contribution in [0.15, 0.2) is 54.2 Å². The van der Waals surface area contributed by atoms with Gasteiger partial charge < -0.3 is 9.84 Å². The van der Waals surface area contributed by atoms with Crippen molar-refractivity contribution >= 4 is 28.3 Å². The highest BCUT2D eigenvalue weighted by atomic mass is 32.1. The molecule has 37 heavy (non-hydrogen) atoms. The number of amides is 1. The molecule has 0 saturated heterocycles. The zero-order chi connectivity index (χ0) is 25.8. The number of nitrogens with zero attached hydrogens (tertiary/aromatic N) is 4. The lowest BCUT2D eigenvalue weighted by molar-refractivity contribution is -0.142. The lowest BCUT2D eigenvalue weighted by Crippen LogP contribution is -2.43. The lowest BCUT2D eigenvalue weighted by Gasteiger charge is -2.34. The van der Waals surface area contributed by atoms with Gasteiger partial charge in [0, 0.05) is 23.1 Å². The minimum absolute atomic E-state index is 0.0407. The van der Waals surface area contributed by atoms with Crippen LogP contribution >= 0.6 is 11.3 Å². The average molecular weight is 519 g/mol. The molecule has 1 N–H and O–H groups in total. The quantitative estimate of drug-likeness (QED) is 0.414. The third kappa shape index (κ3) is 5.41. The second-order valence-corrected chi connectivity index (χ2v) is 10.4. The zero-order valence-electron chi connectivity index (χ0n) is 20.7. The summed E-state index contributed by atoms with van der Waals surface area (Å²) < 4.78 is 5.13. The van der Waals surface area contributed by atoms with Gasteiger partial charge in [0.25, 0.3) is 0 Å². The first-order chi connectivity index (χ1) is 18.0. The fourth-order valence-electron chi connectivity index (χ4n) is 5.58. The van der Waals surface area contributed by atoms with Gasteiger partial charge in [-0.15, -0.1) is 11.3 Å². The fraction of sp³-hybridized carbons (Fsp3) is 0.393. The maximum absolute atomic E-state index is 13.9. The predicted octanol–water partition coefficient (Wildman–Crippen LogP) is 5.47. The van der Waals surface area contributed by atoms with E-state index in [1.807, 2.05) is 35.7 Å². The molecule has 1 fully saturated rings. The summed E-state index contributed by atoms with van der Waals surface area (Å²) in [5.41, 5.74) is 3.18. The minimum atomic E-state index is -0.930. The van der Waals surface area contributed by atoms with Crippen LogP contribution in [0.3, 0.4) is 0 Å². The number of carboxylic acid groups (broad SMARTS) is 1. The van der Waals surface area contributed by atoms with E-state index in [0.717, 1.165) is 48.9 Å². The van der Waals surface area contributed by atoms with E-state index >= 15 is 0 Å². The van der Waals surface area contributed by atoms with Gasteiger partial charge in [-0.3, -0.25) is 14.5 Å². The van der Waals surface area contributed by atoms with Crippen molar-refractivity contribution < 1.29 is 19.4 Å². The molecule has 0 bridgehead atoms. The zero-order valence-corrected chi connectivity index (χ0v) is 21.6. The van der Waals surface area contributed by atoms with Gasteiger partial charge in [-0.25, -0.2) is 15.0 Å². The number of allylic oxidation sites excluding steroid dienone is 1. The van der Waals surface area contributed by atoms with Crippen molar-refractivity contribution in [2.75, 3.05) is 18.6 Å². The van der Waals surface area contributed by atoms with Crippen LogP contribution < -0.4 is 9.64 Å². The van der Waals surface area contributed by atoms with Crippen LogP contribution in [0.2, 0.25) is 0 Å². The van der Waals surface area contributed by atoms with Crippen molar-refractivity contribution in [1.82, 2.24) is 15.0 Å². The van der Waals surface area contributed by atoms with Gasteiger partial charge in [-0.05, 0) is 18.3 Å². The first-order valence-corrected chi connectivity index (χ1v) is 13.5. The van der Waals surface area contributed by atoms with Crippen molar-refractivity contribution in [1.29, 1.82) is 0 Å². The highest BCUT2D eigenvalue weighted by Gasteiger charge is 2.39. The highest BCUT2D eigenvalue weighted by molar-refractivity contribution is 7.14. The molecule has 2 unspecified atom stereocenters. The summed E-state index contributed by atoms with van der Waals surface area (Å²) in [7, 11) is 1.55. The Hall–Kier alpha value is -3.59. The molecule has 192 valence electrons. The number of aliphatic carboxylic acids is 1. The molecule has 0 radical (unpaired) electrons. The molecule has 2 atom stereocenters. The molecule has 5 rings (SSSR count).